The second-order valence-electron chi connectivity index (χ2n) is 3.12. The number of halogens is 2. The highest BCUT2D eigenvalue weighted by molar-refractivity contribution is 6.31. The SMILES string of the molecule is C=CC(C)NCc1cccc(F)c1Cl. The summed E-state index contributed by atoms with van der Waals surface area (Å²) in [5.41, 5.74) is 0.764. The smallest absolute Gasteiger partial charge is 0.142 e. The molecule has 76 valence electrons. The third-order valence-corrected chi connectivity index (χ3v) is 2.42. The summed E-state index contributed by atoms with van der Waals surface area (Å²) in [4.78, 5) is 0. The molecular formula is C11H13ClFN. The van der Waals surface area contributed by atoms with Crippen molar-refractivity contribution in [2.24, 2.45) is 0 Å². The zero-order valence-corrected chi connectivity index (χ0v) is 8.81. The van der Waals surface area contributed by atoms with E-state index in [2.05, 4.69) is 11.9 Å². The van der Waals surface area contributed by atoms with E-state index in [-0.39, 0.29) is 16.9 Å². The highest BCUT2D eigenvalue weighted by Gasteiger charge is 2.05. The topological polar surface area (TPSA) is 12.0 Å². The summed E-state index contributed by atoms with van der Waals surface area (Å²) in [6, 6.07) is 4.99. The van der Waals surface area contributed by atoms with E-state index in [4.69, 9.17) is 11.6 Å². The zero-order valence-electron chi connectivity index (χ0n) is 8.06. The Morgan fingerprint density at radius 3 is 3.00 bits per heavy atom. The third-order valence-electron chi connectivity index (χ3n) is 2.00. The number of hydrogen-bond acceptors (Lipinski definition) is 1. The molecule has 0 saturated carbocycles. The van der Waals surface area contributed by atoms with E-state index in [1.54, 1.807) is 18.2 Å². The summed E-state index contributed by atoms with van der Waals surface area (Å²) in [5, 5.41) is 3.34. The average molecular weight is 214 g/mol. The molecule has 0 aliphatic carbocycles. The average Bonchev–Trinajstić information content (AvgIpc) is 2.20. The lowest BCUT2D eigenvalue weighted by Gasteiger charge is -2.10. The summed E-state index contributed by atoms with van der Waals surface area (Å²) in [7, 11) is 0. The quantitative estimate of drug-likeness (QED) is 0.758. The summed E-state index contributed by atoms with van der Waals surface area (Å²) >= 11 is 5.78. The van der Waals surface area contributed by atoms with Gasteiger partial charge in [0.2, 0.25) is 0 Å². The first-order valence-electron chi connectivity index (χ1n) is 4.44. The van der Waals surface area contributed by atoms with Crippen molar-refractivity contribution in [3.05, 3.63) is 47.3 Å². The molecule has 1 aromatic rings. The Morgan fingerprint density at radius 1 is 1.64 bits per heavy atom. The fraction of sp³-hybridized carbons (Fsp3) is 0.273. The number of rotatable bonds is 4. The van der Waals surface area contributed by atoms with Crippen molar-refractivity contribution in [1.29, 1.82) is 0 Å². The van der Waals surface area contributed by atoms with Crippen LogP contribution < -0.4 is 5.32 Å². The van der Waals surface area contributed by atoms with Crippen LogP contribution in [0.4, 0.5) is 4.39 Å². The predicted molar refractivity (Wildman–Crippen MR) is 57.9 cm³/mol. The minimum atomic E-state index is -0.378. The molecule has 1 unspecified atom stereocenters. The van der Waals surface area contributed by atoms with E-state index in [0.29, 0.717) is 6.54 Å². The third kappa shape index (κ3) is 2.82. The van der Waals surface area contributed by atoms with E-state index >= 15 is 0 Å². The van der Waals surface area contributed by atoms with Gasteiger partial charge in [-0.3, -0.25) is 0 Å². The molecule has 1 aromatic carbocycles. The van der Waals surface area contributed by atoms with Gasteiger partial charge in [-0.25, -0.2) is 4.39 Å². The Balaban J connectivity index is 2.67. The molecule has 0 amide bonds. The lowest BCUT2D eigenvalue weighted by atomic mass is 10.2. The second-order valence-corrected chi connectivity index (χ2v) is 3.50. The molecule has 1 atom stereocenters. The summed E-state index contributed by atoms with van der Waals surface area (Å²) < 4.78 is 13.0. The molecule has 0 heterocycles. The summed E-state index contributed by atoms with van der Waals surface area (Å²) in [5.74, 6) is -0.378. The molecule has 1 nitrogen and oxygen atoms in total. The van der Waals surface area contributed by atoms with Crippen molar-refractivity contribution in [2.45, 2.75) is 19.5 Å². The summed E-state index contributed by atoms with van der Waals surface area (Å²) in [6.45, 7) is 6.16. The van der Waals surface area contributed by atoms with Crippen molar-refractivity contribution in [1.82, 2.24) is 5.32 Å². The van der Waals surface area contributed by atoms with Crippen molar-refractivity contribution in [3.63, 3.8) is 0 Å². The maximum absolute atomic E-state index is 13.0. The van der Waals surface area contributed by atoms with Crippen LogP contribution in [0.5, 0.6) is 0 Å². The fourth-order valence-corrected chi connectivity index (χ4v) is 1.23. The van der Waals surface area contributed by atoms with Gasteiger partial charge < -0.3 is 5.32 Å². The second kappa shape index (κ2) is 5.13. The van der Waals surface area contributed by atoms with Crippen LogP contribution >= 0.6 is 11.6 Å². The van der Waals surface area contributed by atoms with Gasteiger partial charge >= 0.3 is 0 Å². The van der Waals surface area contributed by atoms with Gasteiger partial charge in [0.1, 0.15) is 5.82 Å². The molecule has 0 bridgehead atoms. The molecule has 0 aromatic heterocycles. The zero-order chi connectivity index (χ0) is 10.6. The van der Waals surface area contributed by atoms with Gasteiger partial charge in [-0.1, -0.05) is 29.8 Å². The summed E-state index contributed by atoms with van der Waals surface area (Å²) in [6.07, 6.45) is 1.78. The molecule has 1 N–H and O–H groups in total. The molecular weight excluding hydrogens is 201 g/mol. The Kier molecular flexibility index (Phi) is 4.11. The van der Waals surface area contributed by atoms with Gasteiger partial charge in [0.05, 0.1) is 5.02 Å². The lowest BCUT2D eigenvalue weighted by Crippen LogP contribution is -2.23. The van der Waals surface area contributed by atoms with Crippen LogP contribution in [-0.4, -0.2) is 6.04 Å². The first-order chi connectivity index (χ1) is 6.65. The van der Waals surface area contributed by atoms with Crippen LogP contribution in [0.3, 0.4) is 0 Å². The van der Waals surface area contributed by atoms with Crippen molar-refractivity contribution < 1.29 is 4.39 Å². The van der Waals surface area contributed by atoms with Crippen LogP contribution in [0.25, 0.3) is 0 Å². The minimum absolute atomic E-state index is 0.189. The largest absolute Gasteiger partial charge is 0.307 e. The molecule has 0 aliphatic rings. The van der Waals surface area contributed by atoms with Gasteiger partial charge in [0.15, 0.2) is 0 Å². The van der Waals surface area contributed by atoms with Crippen molar-refractivity contribution >= 4 is 11.6 Å². The fourth-order valence-electron chi connectivity index (χ4n) is 1.04. The maximum Gasteiger partial charge on any atom is 0.142 e. The van der Waals surface area contributed by atoms with E-state index < -0.39 is 0 Å². The van der Waals surface area contributed by atoms with Crippen LogP contribution in [0.15, 0.2) is 30.9 Å². The number of nitrogens with one attached hydrogen (secondary N) is 1. The highest BCUT2D eigenvalue weighted by atomic mass is 35.5. The Bertz CT molecular complexity index is 325. The number of hydrogen-bond donors (Lipinski definition) is 1. The molecule has 0 saturated heterocycles. The molecule has 0 aliphatic heterocycles. The van der Waals surface area contributed by atoms with Crippen LogP contribution in [-0.2, 0) is 6.54 Å². The van der Waals surface area contributed by atoms with Crippen molar-refractivity contribution in [2.75, 3.05) is 0 Å². The molecule has 0 radical (unpaired) electrons. The van der Waals surface area contributed by atoms with Gasteiger partial charge in [-0.15, -0.1) is 6.58 Å². The monoisotopic (exact) mass is 213 g/mol. The first-order valence-corrected chi connectivity index (χ1v) is 4.81. The van der Waals surface area contributed by atoms with Crippen LogP contribution in [0.1, 0.15) is 12.5 Å². The van der Waals surface area contributed by atoms with E-state index in [0.717, 1.165) is 5.56 Å². The Morgan fingerprint density at radius 2 is 2.36 bits per heavy atom. The number of benzene rings is 1. The van der Waals surface area contributed by atoms with E-state index in [1.165, 1.54) is 6.07 Å². The highest BCUT2D eigenvalue weighted by Crippen LogP contribution is 2.19. The maximum atomic E-state index is 13.0. The van der Waals surface area contributed by atoms with Gasteiger partial charge in [0.25, 0.3) is 0 Å². The predicted octanol–water partition coefficient (Wildman–Crippen LogP) is 3.14. The van der Waals surface area contributed by atoms with Crippen LogP contribution in [0, 0.1) is 5.82 Å². The normalized spacial score (nSPS) is 12.5. The first kappa shape index (κ1) is 11.2. The molecule has 1 rings (SSSR count). The molecule has 0 fully saturated rings. The molecule has 3 heteroatoms. The lowest BCUT2D eigenvalue weighted by molar-refractivity contribution is 0.610. The van der Waals surface area contributed by atoms with E-state index in [1.807, 2.05) is 6.92 Å². The molecule has 0 spiro atoms. The van der Waals surface area contributed by atoms with Crippen LogP contribution in [0.2, 0.25) is 5.02 Å². The Hall–Kier alpha value is -0.860. The van der Waals surface area contributed by atoms with Gasteiger partial charge in [-0.05, 0) is 18.6 Å². The van der Waals surface area contributed by atoms with Crippen molar-refractivity contribution in [3.8, 4) is 0 Å². The van der Waals surface area contributed by atoms with Gasteiger partial charge in [-0.2, -0.15) is 0 Å². The Labute approximate surface area is 88.6 Å². The van der Waals surface area contributed by atoms with Gasteiger partial charge in [0, 0.05) is 12.6 Å². The standard InChI is InChI=1S/C11H13ClFN/c1-3-8(2)14-7-9-5-4-6-10(13)11(9)12/h3-6,8,14H,1,7H2,2H3. The van der Waals surface area contributed by atoms with E-state index in [9.17, 15) is 4.39 Å². The minimum Gasteiger partial charge on any atom is -0.307 e. The molecule has 14 heavy (non-hydrogen) atoms.